The second-order valence-electron chi connectivity index (χ2n) is 5.16. The Balaban J connectivity index is 1.50. The minimum absolute atomic E-state index is 0.0570. The van der Waals surface area contributed by atoms with Crippen molar-refractivity contribution in [1.82, 2.24) is 5.32 Å². The van der Waals surface area contributed by atoms with Crippen molar-refractivity contribution < 1.29 is 9.53 Å². The number of fused-ring (bicyclic) bond motifs is 1. The lowest BCUT2D eigenvalue weighted by molar-refractivity contribution is -0.122. The lowest BCUT2D eigenvalue weighted by Gasteiger charge is -2.11. The quantitative estimate of drug-likeness (QED) is 0.898. The summed E-state index contributed by atoms with van der Waals surface area (Å²) in [4.78, 5) is 11.8. The Morgan fingerprint density at radius 2 is 2.16 bits per heavy atom. The second kappa shape index (κ2) is 4.92. The number of allylic oxidation sites excluding steroid dienone is 4. The Hall–Kier alpha value is -2.03. The van der Waals surface area contributed by atoms with Crippen LogP contribution in [0.3, 0.4) is 0 Å². The molecule has 2 aliphatic rings. The van der Waals surface area contributed by atoms with Gasteiger partial charge in [-0.2, -0.15) is 0 Å². The van der Waals surface area contributed by atoms with Crippen LogP contribution in [0.25, 0.3) is 0 Å². The van der Waals surface area contributed by atoms with Crippen LogP contribution in [0.5, 0.6) is 5.75 Å². The summed E-state index contributed by atoms with van der Waals surface area (Å²) >= 11 is 0. The monoisotopic (exact) mass is 255 g/mol. The SMILES string of the molecule is Cc1ccc(OCC(=O)NC2=CC=CC3CC23)cc1. The van der Waals surface area contributed by atoms with Crippen LogP contribution in [0, 0.1) is 18.8 Å². The molecule has 1 aromatic rings. The molecule has 0 bridgehead atoms. The van der Waals surface area contributed by atoms with Crippen LogP contribution in [-0.2, 0) is 4.79 Å². The van der Waals surface area contributed by atoms with Gasteiger partial charge >= 0.3 is 0 Å². The minimum Gasteiger partial charge on any atom is -0.484 e. The fourth-order valence-electron chi connectivity index (χ4n) is 2.33. The maximum Gasteiger partial charge on any atom is 0.262 e. The Labute approximate surface area is 113 Å². The van der Waals surface area contributed by atoms with Gasteiger partial charge in [0.25, 0.3) is 5.91 Å². The van der Waals surface area contributed by atoms with Crippen molar-refractivity contribution in [3.8, 4) is 5.75 Å². The van der Waals surface area contributed by atoms with Gasteiger partial charge in [0.15, 0.2) is 6.61 Å². The van der Waals surface area contributed by atoms with Gasteiger partial charge in [0, 0.05) is 11.6 Å². The number of aryl methyl sites for hydroxylation is 1. The molecule has 0 saturated heterocycles. The van der Waals surface area contributed by atoms with Crippen LogP contribution in [0.2, 0.25) is 0 Å². The molecule has 0 aliphatic heterocycles. The van der Waals surface area contributed by atoms with E-state index in [-0.39, 0.29) is 12.5 Å². The van der Waals surface area contributed by atoms with Crippen LogP contribution in [0.4, 0.5) is 0 Å². The van der Waals surface area contributed by atoms with Gasteiger partial charge < -0.3 is 10.1 Å². The largest absolute Gasteiger partial charge is 0.484 e. The van der Waals surface area contributed by atoms with E-state index in [4.69, 9.17) is 4.74 Å². The van der Waals surface area contributed by atoms with Crippen molar-refractivity contribution in [3.05, 3.63) is 53.8 Å². The summed E-state index contributed by atoms with van der Waals surface area (Å²) in [6, 6.07) is 7.69. The van der Waals surface area contributed by atoms with E-state index in [2.05, 4.69) is 11.4 Å². The molecule has 1 saturated carbocycles. The van der Waals surface area contributed by atoms with E-state index in [0.29, 0.717) is 11.8 Å². The zero-order chi connectivity index (χ0) is 13.2. The Kier molecular flexibility index (Phi) is 3.11. The summed E-state index contributed by atoms with van der Waals surface area (Å²) in [6.07, 6.45) is 7.35. The molecule has 0 radical (unpaired) electrons. The van der Waals surface area contributed by atoms with Crippen LogP contribution in [0.1, 0.15) is 12.0 Å². The average Bonchev–Trinajstić information content (AvgIpc) is 3.18. The second-order valence-corrected chi connectivity index (χ2v) is 5.16. The summed E-state index contributed by atoms with van der Waals surface area (Å²) in [5.74, 6) is 1.79. The lowest BCUT2D eigenvalue weighted by Crippen LogP contribution is -2.29. The molecule has 0 aromatic heterocycles. The molecule has 3 nitrogen and oxygen atoms in total. The predicted molar refractivity (Wildman–Crippen MR) is 73.6 cm³/mol. The molecular formula is C16H17NO2. The first-order valence-electron chi connectivity index (χ1n) is 6.60. The number of amides is 1. The first kappa shape index (κ1) is 12.0. The predicted octanol–water partition coefficient (Wildman–Crippen LogP) is 2.58. The van der Waals surface area contributed by atoms with Gasteiger partial charge in [-0.1, -0.05) is 29.8 Å². The standard InChI is InChI=1S/C16H17NO2/c1-11-5-7-13(8-6-11)19-10-16(18)17-15-4-2-3-12-9-14(12)15/h2-8,12,14H,9-10H2,1H3,(H,17,18). The molecule has 19 heavy (non-hydrogen) atoms. The Morgan fingerprint density at radius 1 is 1.37 bits per heavy atom. The average molecular weight is 255 g/mol. The molecule has 2 atom stereocenters. The highest BCUT2D eigenvalue weighted by molar-refractivity contribution is 5.79. The number of benzene rings is 1. The van der Waals surface area contributed by atoms with E-state index in [9.17, 15) is 4.79 Å². The summed E-state index contributed by atoms with van der Waals surface area (Å²) in [5, 5.41) is 2.94. The number of rotatable bonds is 4. The van der Waals surface area contributed by atoms with Crippen molar-refractivity contribution in [2.75, 3.05) is 6.61 Å². The highest BCUT2D eigenvalue weighted by atomic mass is 16.5. The number of hydrogen-bond acceptors (Lipinski definition) is 2. The molecular weight excluding hydrogens is 238 g/mol. The molecule has 1 aromatic carbocycles. The van der Waals surface area contributed by atoms with Gasteiger partial charge in [-0.25, -0.2) is 0 Å². The summed E-state index contributed by atoms with van der Waals surface area (Å²) < 4.78 is 5.46. The maximum absolute atomic E-state index is 11.8. The van der Waals surface area contributed by atoms with Crippen LogP contribution < -0.4 is 10.1 Å². The summed E-state index contributed by atoms with van der Waals surface area (Å²) in [6.45, 7) is 2.08. The summed E-state index contributed by atoms with van der Waals surface area (Å²) in [7, 11) is 0. The summed E-state index contributed by atoms with van der Waals surface area (Å²) in [5.41, 5.74) is 2.21. The molecule has 1 fully saturated rings. The molecule has 1 N–H and O–H groups in total. The van der Waals surface area contributed by atoms with E-state index < -0.39 is 0 Å². The zero-order valence-electron chi connectivity index (χ0n) is 10.9. The van der Waals surface area contributed by atoms with Crippen LogP contribution in [0.15, 0.2) is 48.2 Å². The van der Waals surface area contributed by atoms with Gasteiger partial charge in [-0.15, -0.1) is 0 Å². The maximum atomic E-state index is 11.8. The van der Waals surface area contributed by atoms with Crippen LogP contribution >= 0.6 is 0 Å². The normalized spacial score (nSPS) is 23.3. The first-order valence-corrected chi connectivity index (χ1v) is 6.60. The molecule has 2 unspecified atom stereocenters. The van der Waals surface area contributed by atoms with Gasteiger partial charge in [-0.3, -0.25) is 4.79 Å². The Bertz CT molecular complexity index is 542. The van der Waals surface area contributed by atoms with E-state index >= 15 is 0 Å². The number of carbonyl (C=O) groups is 1. The molecule has 3 heteroatoms. The number of hydrogen-bond donors (Lipinski definition) is 1. The van der Waals surface area contributed by atoms with E-state index in [1.54, 1.807) is 0 Å². The van der Waals surface area contributed by atoms with E-state index in [1.807, 2.05) is 43.3 Å². The van der Waals surface area contributed by atoms with E-state index in [0.717, 1.165) is 17.9 Å². The number of nitrogens with one attached hydrogen (secondary N) is 1. The van der Waals surface area contributed by atoms with Gasteiger partial charge in [0.05, 0.1) is 0 Å². The lowest BCUT2D eigenvalue weighted by atomic mass is 10.1. The number of carbonyl (C=O) groups excluding carboxylic acids is 1. The molecule has 0 spiro atoms. The van der Waals surface area contributed by atoms with Crippen LogP contribution in [-0.4, -0.2) is 12.5 Å². The van der Waals surface area contributed by atoms with Crippen molar-refractivity contribution in [2.45, 2.75) is 13.3 Å². The fourth-order valence-corrected chi connectivity index (χ4v) is 2.33. The molecule has 3 rings (SSSR count). The third kappa shape index (κ3) is 2.87. The van der Waals surface area contributed by atoms with Crippen molar-refractivity contribution in [3.63, 3.8) is 0 Å². The van der Waals surface area contributed by atoms with Gasteiger partial charge in [0.2, 0.25) is 0 Å². The topological polar surface area (TPSA) is 38.3 Å². The highest BCUT2D eigenvalue weighted by Crippen LogP contribution is 2.46. The highest BCUT2D eigenvalue weighted by Gasteiger charge is 2.39. The molecule has 0 heterocycles. The first-order chi connectivity index (χ1) is 9.22. The fraction of sp³-hybridized carbons (Fsp3) is 0.312. The van der Waals surface area contributed by atoms with Crippen molar-refractivity contribution in [1.29, 1.82) is 0 Å². The van der Waals surface area contributed by atoms with Gasteiger partial charge in [0.1, 0.15) is 5.75 Å². The van der Waals surface area contributed by atoms with Crippen molar-refractivity contribution >= 4 is 5.91 Å². The number of ether oxygens (including phenoxy) is 1. The van der Waals surface area contributed by atoms with Gasteiger partial charge in [-0.05, 0) is 37.5 Å². The van der Waals surface area contributed by atoms with E-state index in [1.165, 1.54) is 5.56 Å². The smallest absolute Gasteiger partial charge is 0.262 e. The third-order valence-corrected chi connectivity index (χ3v) is 3.55. The Morgan fingerprint density at radius 3 is 2.95 bits per heavy atom. The third-order valence-electron chi connectivity index (χ3n) is 3.55. The zero-order valence-corrected chi connectivity index (χ0v) is 10.9. The van der Waals surface area contributed by atoms with Crippen molar-refractivity contribution in [2.24, 2.45) is 11.8 Å². The molecule has 2 aliphatic carbocycles. The minimum atomic E-state index is -0.0900. The molecule has 98 valence electrons. The molecule has 1 amide bonds.